The first-order chi connectivity index (χ1) is 8.95. The minimum absolute atomic E-state index is 0.0155. The second-order valence-electron chi connectivity index (χ2n) is 3.55. The number of nitro groups is 1. The number of benzene rings is 1. The lowest BCUT2D eigenvalue weighted by Crippen LogP contribution is -2.27. The van der Waals surface area contributed by atoms with E-state index in [2.05, 4.69) is 5.32 Å². The Bertz CT molecular complexity index is 519. The molecule has 0 saturated heterocycles. The van der Waals surface area contributed by atoms with Crippen LogP contribution in [0.15, 0.2) is 18.2 Å². The number of aliphatic hydroxyl groups excluding tert-OH is 1. The third-order valence-electron chi connectivity index (χ3n) is 2.19. The third kappa shape index (κ3) is 4.39. The molecule has 0 bridgehead atoms. The molecule has 0 heterocycles. The summed E-state index contributed by atoms with van der Waals surface area (Å²) in [6.45, 7) is -0.292. The van der Waals surface area contributed by atoms with Gasteiger partial charge in [0.05, 0.1) is 17.3 Å². The summed E-state index contributed by atoms with van der Waals surface area (Å²) in [4.78, 5) is 21.8. The summed E-state index contributed by atoms with van der Waals surface area (Å²) >= 11 is -2.12. The molecule has 8 nitrogen and oxygen atoms in total. The Hall–Kier alpha value is -1.84. The van der Waals surface area contributed by atoms with Crippen molar-refractivity contribution in [3.63, 3.8) is 0 Å². The number of hydrogen-bond donors (Lipinski definition) is 3. The molecule has 0 radical (unpaired) electrons. The summed E-state index contributed by atoms with van der Waals surface area (Å²) in [5.74, 6) is -0.934. The van der Waals surface area contributed by atoms with Gasteiger partial charge in [0.2, 0.25) is 0 Å². The average Bonchev–Trinajstić information content (AvgIpc) is 2.35. The van der Waals surface area contributed by atoms with Crippen molar-refractivity contribution in [2.24, 2.45) is 0 Å². The van der Waals surface area contributed by atoms with E-state index in [0.29, 0.717) is 0 Å². The van der Waals surface area contributed by atoms with Crippen LogP contribution in [0.1, 0.15) is 15.9 Å². The molecule has 0 aliphatic rings. The van der Waals surface area contributed by atoms with Crippen molar-refractivity contribution in [2.45, 2.75) is 5.75 Å². The molecule has 0 spiro atoms. The van der Waals surface area contributed by atoms with Crippen LogP contribution in [0.3, 0.4) is 0 Å². The summed E-state index contributed by atoms with van der Waals surface area (Å²) in [5.41, 5.74) is -0.324. The Morgan fingerprint density at radius 3 is 2.68 bits per heavy atom. The molecule has 1 aromatic carbocycles. The molecule has 1 unspecified atom stereocenters. The second kappa shape index (κ2) is 6.92. The fraction of sp³-hybridized carbons (Fsp3) is 0.300. The van der Waals surface area contributed by atoms with E-state index in [1.807, 2.05) is 0 Å². The number of nitrogens with one attached hydrogen (secondary N) is 1. The zero-order chi connectivity index (χ0) is 14.4. The number of carbonyl (C=O) groups is 1. The smallest absolute Gasteiger partial charge is 0.282 e. The minimum atomic E-state index is -2.12. The predicted molar refractivity (Wildman–Crippen MR) is 67.0 cm³/mol. The first-order valence-electron chi connectivity index (χ1n) is 5.19. The SMILES string of the molecule is O=C(NCCO)c1ccc(CS(=O)O)cc1[N+](=O)[O-]. The molecule has 104 valence electrons. The van der Waals surface area contributed by atoms with E-state index in [4.69, 9.17) is 9.66 Å². The predicted octanol–water partition coefficient (Wildman–Crippen LogP) is 0.0386. The maximum Gasteiger partial charge on any atom is 0.282 e. The molecule has 0 aromatic heterocycles. The van der Waals surface area contributed by atoms with Gasteiger partial charge in [0.25, 0.3) is 11.6 Å². The highest BCUT2D eigenvalue weighted by Crippen LogP contribution is 2.21. The number of hydrogen-bond acceptors (Lipinski definition) is 5. The van der Waals surface area contributed by atoms with Gasteiger partial charge in [-0.05, 0) is 11.6 Å². The van der Waals surface area contributed by atoms with Gasteiger partial charge in [0, 0.05) is 12.6 Å². The Morgan fingerprint density at radius 2 is 2.16 bits per heavy atom. The van der Waals surface area contributed by atoms with Gasteiger partial charge < -0.3 is 15.0 Å². The third-order valence-corrected chi connectivity index (χ3v) is 2.77. The Morgan fingerprint density at radius 1 is 1.47 bits per heavy atom. The van der Waals surface area contributed by atoms with E-state index < -0.39 is 27.6 Å². The van der Waals surface area contributed by atoms with Gasteiger partial charge in [0.1, 0.15) is 5.56 Å². The number of nitrogens with zero attached hydrogens (tertiary/aromatic N) is 1. The average molecular weight is 288 g/mol. The van der Waals surface area contributed by atoms with Crippen molar-refractivity contribution in [1.82, 2.24) is 5.32 Å². The fourth-order valence-electron chi connectivity index (χ4n) is 1.42. The van der Waals surface area contributed by atoms with Crippen LogP contribution in [-0.2, 0) is 16.8 Å². The number of carbonyl (C=O) groups excluding carboxylic acids is 1. The minimum Gasteiger partial charge on any atom is -0.395 e. The first-order valence-corrected chi connectivity index (χ1v) is 6.47. The molecule has 0 aliphatic carbocycles. The van der Waals surface area contributed by atoms with Crippen molar-refractivity contribution in [1.29, 1.82) is 0 Å². The molecule has 1 rings (SSSR count). The molecule has 0 aliphatic heterocycles. The van der Waals surface area contributed by atoms with E-state index in [9.17, 15) is 19.1 Å². The largest absolute Gasteiger partial charge is 0.395 e. The van der Waals surface area contributed by atoms with Gasteiger partial charge >= 0.3 is 0 Å². The second-order valence-corrected chi connectivity index (χ2v) is 4.49. The Kier molecular flexibility index (Phi) is 5.55. The van der Waals surface area contributed by atoms with Gasteiger partial charge in [-0.15, -0.1) is 0 Å². The van der Waals surface area contributed by atoms with E-state index in [1.165, 1.54) is 12.1 Å². The zero-order valence-electron chi connectivity index (χ0n) is 9.74. The molecular formula is C10H12N2O6S. The molecule has 19 heavy (non-hydrogen) atoms. The summed E-state index contributed by atoms with van der Waals surface area (Å²) in [7, 11) is 0. The fourth-order valence-corrected chi connectivity index (χ4v) is 1.88. The highest BCUT2D eigenvalue weighted by atomic mass is 32.2. The van der Waals surface area contributed by atoms with Crippen LogP contribution in [-0.4, -0.2) is 37.9 Å². The molecule has 1 aromatic rings. The molecule has 3 N–H and O–H groups in total. The van der Waals surface area contributed by atoms with Crippen molar-refractivity contribution < 1.29 is 23.6 Å². The highest BCUT2D eigenvalue weighted by molar-refractivity contribution is 7.78. The van der Waals surface area contributed by atoms with Gasteiger partial charge in [-0.1, -0.05) is 6.07 Å². The van der Waals surface area contributed by atoms with Crippen LogP contribution in [0, 0.1) is 10.1 Å². The summed E-state index contributed by atoms with van der Waals surface area (Å²) in [6.07, 6.45) is 0. The summed E-state index contributed by atoms with van der Waals surface area (Å²) in [6, 6.07) is 3.67. The number of rotatable bonds is 6. The van der Waals surface area contributed by atoms with Crippen molar-refractivity contribution in [3.05, 3.63) is 39.4 Å². The highest BCUT2D eigenvalue weighted by Gasteiger charge is 2.20. The number of nitro benzene ring substituents is 1. The summed E-state index contributed by atoms with van der Waals surface area (Å²) < 4.78 is 19.4. The van der Waals surface area contributed by atoms with E-state index in [0.717, 1.165) is 6.07 Å². The van der Waals surface area contributed by atoms with Gasteiger partial charge in [-0.2, -0.15) is 0 Å². The molecular weight excluding hydrogens is 276 g/mol. The lowest BCUT2D eigenvalue weighted by atomic mass is 10.1. The van der Waals surface area contributed by atoms with E-state index in [-0.39, 0.29) is 30.0 Å². The van der Waals surface area contributed by atoms with Crippen LogP contribution in [0.4, 0.5) is 5.69 Å². The summed E-state index contributed by atoms with van der Waals surface area (Å²) in [5, 5.41) is 21.8. The number of aliphatic hydroxyl groups is 1. The van der Waals surface area contributed by atoms with Gasteiger partial charge in [-0.3, -0.25) is 14.9 Å². The van der Waals surface area contributed by atoms with Crippen LogP contribution < -0.4 is 5.32 Å². The maximum atomic E-state index is 11.6. The standard InChI is InChI=1S/C10H12N2O6S/c13-4-3-11-10(14)8-2-1-7(6-19(17)18)5-9(8)12(15)16/h1-2,5,13H,3-4,6H2,(H,11,14)(H,17,18). The van der Waals surface area contributed by atoms with E-state index in [1.54, 1.807) is 0 Å². The lowest BCUT2D eigenvalue weighted by Gasteiger charge is -2.05. The first kappa shape index (κ1) is 15.2. The zero-order valence-corrected chi connectivity index (χ0v) is 10.6. The quantitative estimate of drug-likeness (QED) is 0.385. The van der Waals surface area contributed by atoms with Crippen LogP contribution in [0.5, 0.6) is 0 Å². The monoisotopic (exact) mass is 288 g/mol. The Balaban J connectivity index is 3.07. The van der Waals surface area contributed by atoms with E-state index >= 15 is 0 Å². The van der Waals surface area contributed by atoms with Crippen LogP contribution in [0.25, 0.3) is 0 Å². The van der Waals surface area contributed by atoms with Crippen LogP contribution in [0.2, 0.25) is 0 Å². The molecule has 1 atom stereocenters. The van der Waals surface area contributed by atoms with Crippen LogP contribution >= 0.6 is 0 Å². The van der Waals surface area contributed by atoms with Crippen molar-refractivity contribution in [3.8, 4) is 0 Å². The maximum absolute atomic E-state index is 11.6. The molecule has 0 saturated carbocycles. The van der Waals surface area contributed by atoms with Gasteiger partial charge in [0.15, 0.2) is 11.1 Å². The van der Waals surface area contributed by atoms with Crippen molar-refractivity contribution >= 4 is 22.7 Å². The topological polar surface area (TPSA) is 130 Å². The Labute approximate surface area is 110 Å². The lowest BCUT2D eigenvalue weighted by molar-refractivity contribution is -0.385. The van der Waals surface area contributed by atoms with Gasteiger partial charge in [-0.25, -0.2) is 4.21 Å². The molecule has 1 amide bonds. The normalized spacial score (nSPS) is 11.9. The molecule has 0 fully saturated rings. The number of amides is 1. The van der Waals surface area contributed by atoms with Crippen molar-refractivity contribution in [2.75, 3.05) is 13.2 Å². The molecule has 9 heteroatoms.